The molecule has 0 unspecified atom stereocenters. The lowest BCUT2D eigenvalue weighted by Crippen LogP contribution is -2.44. The molecule has 1 fully saturated rings. The van der Waals surface area contributed by atoms with Crippen LogP contribution in [0.4, 0.5) is 0 Å². The lowest BCUT2D eigenvalue weighted by Gasteiger charge is -2.26. The molecule has 0 aromatic heterocycles. The minimum absolute atomic E-state index is 0.0541. The van der Waals surface area contributed by atoms with Gasteiger partial charge < -0.3 is 9.64 Å². The van der Waals surface area contributed by atoms with Crippen molar-refractivity contribution in [3.05, 3.63) is 34.3 Å². The molecule has 0 saturated carbocycles. The third-order valence-corrected chi connectivity index (χ3v) is 3.06. The molecule has 17 heavy (non-hydrogen) atoms. The number of ether oxygens (including phenoxy) is 1. The van der Waals surface area contributed by atoms with Crippen LogP contribution in [0.5, 0.6) is 0 Å². The van der Waals surface area contributed by atoms with Crippen molar-refractivity contribution in [1.29, 1.82) is 0 Å². The quantitative estimate of drug-likeness (QED) is 0.794. The van der Waals surface area contributed by atoms with Crippen LogP contribution >= 0.6 is 15.9 Å². The topological polar surface area (TPSA) is 46.6 Å². The molecule has 4 nitrogen and oxygen atoms in total. The normalized spacial score (nSPS) is 16.1. The Bertz CT molecular complexity index is 447. The molecule has 1 aromatic rings. The van der Waals surface area contributed by atoms with Crippen LogP contribution in [0.25, 0.3) is 0 Å². The van der Waals surface area contributed by atoms with E-state index in [1.807, 2.05) is 6.07 Å². The van der Waals surface area contributed by atoms with Crippen molar-refractivity contribution < 1.29 is 14.3 Å². The third-order valence-electron chi connectivity index (χ3n) is 2.56. The summed E-state index contributed by atoms with van der Waals surface area (Å²) in [4.78, 5) is 25.0. The number of carbonyl (C=O) groups excluding carboxylic acids is 2. The molecule has 0 bridgehead atoms. The van der Waals surface area contributed by atoms with Crippen LogP contribution in [-0.2, 0) is 9.53 Å². The maximum absolute atomic E-state index is 12.0. The standard InChI is InChI=1S/C12H12BrNO3/c13-10-3-1-2-9(6-10)11(15)7-14-4-5-17-8-12(14)16/h1-3,6H,4-5,7-8H2. The maximum atomic E-state index is 12.0. The number of nitrogens with zero attached hydrogens (tertiary/aromatic N) is 1. The Balaban J connectivity index is 2.03. The van der Waals surface area contributed by atoms with Gasteiger partial charge in [-0.25, -0.2) is 0 Å². The van der Waals surface area contributed by atoms with Gasteiger partial charge in [-0.3, -0.25) is 9.59 Å². The van der Waals surface area contributed by atoms with Crippen LogP contribution in [0.3, 0.4) is 0 Å². The van der Waals surface area contributed by atoms with Gasteiger partial charge in [0.15, 0.2) is 5.78 Å². The average molecular weight is 298 g/mol. The van der Waals surface area contributed by atoms with Gasteiger partial charge in [0.1, 0.15) is 6.61 Å². The Morgan fingerprint density at radius 2 is 2.29 bits per heavy atom. The second-order valence-electron chi connectivity index (χ2n) is 3.80. The van der Waals surface area contributed by atoms with E-state index in [1.54, 1.807) is 18.2 Å². The van der Waals surface area contributed by atoms with Gasteiger partial charge in [0, 0.05) is 16.6 Å². The number of amides is 1. The fourth-order valence-electron chi connectivity index (χ4n) is 1.64. The van der Waals surface area contributed by atoms with Crippen molar-refractivity contribution in [3.8, 4) is 0 Å². The molecule has 0 radical (unpaired) electrons. The van der Waals surface area contributed by atoms with Crippen LogP contribution in [0.15, 0.2) is 28.7 Å². The van der Waals surface area contributed by atoms with Gasteiger partial charge in [0.2, 0.25) is 5.91 Å². The lowest BCUT2D eigenvalue weighted by molar-refractivity contribution is -0.141. The lowest BCUT2D eigenvalue weighted by atomic mass is 10.1. The second kappa shape index (κ2) is 5.42. The van der Waals surface area contributed by atoms with Crippen molar-refractivity contribution in [3.63, 3.8) is 0 Å². The monoisotopic (exact) mass is 297 g/mol. The molecule has 1 aliphatic rings. The number of hydrogen-bond donors (Lipinski definition) is 0. The van der Waals surface area contributed by atoms with Gasteiger partial charge in [0.25, 0.3) is 0 Å². The predicted octanol–water partition coefficient (Wildman–Crippen LogP) is 1.49. The summed E-state index contributed by atoms with van der Waals surface area (Å²) >= 11 is 3.31. The minimum atomic E-state index is -0.125. The number of morpholine rings is 1. The molecule has 0 spiro atoms. The van der Waals surface area contributed by atoms with Crippen LogP contribution in [0.2, 0.25) is 0 Å². The van der Waals surface area contributed by atoms with Crippen molar-refractivity contribution in [2.24, 2.45) is 0 Å². The molecular formula is C12H12BrNO3. The smallest absolute Gasteiger partial charge is 0.249 e. The first-order chi connectivity index (χ1) is 8.16. The first kappa shape index (κ1) is 12.3. The highest BCUT2D eigenvalue weighted by atomic mass is 79.9. The summed E-state index contributed by atoms with van der Waals surface area (Å²) in [5.74, 6) is -0.179. The zero-order chi connectivity index (χ0) is 12.3. The van der Waals surface area contributed by atoms with E-state index in [0.717, 1.165) is 4.47 Å². The molecule has 0 atom stereocenters. The predicted molar refractivity (Wildman–Crippen MR) is 65.9 cm³/mol. The Morgan fingerprint density at radius 3 is 3.00 bits per heavy atom. The van der Waals surface area contributed by atoms with Crippen molar-refractivity contribution in [2.45, 2.75) is 0 Å². The van der Waals surface area contributed by atoms with Gasteiger partial charge in [0.05, 0.1) is 13.2 Å². The molecule has 1 heterocycles. The number of hydrogen-bond acceptors (Lipinski definition) is 3. The second-order valence-corrected chi connectivity index (χ2v) is 4.72. The van der Waals surface area contributed by atoms with Gasteiger partial charge in [-0.05, 0) is 12.1 Å². The molecule has 1 saturated heterocycles. The molecule has 0 aliphatic carbocycles. The van der Waals surface area contributed by atoms with Crippen LogP contribution < -0.4 is 0 Å². The Kier molecular flexibility index (Phi) is 3.91. The first-order valence-electron chi connectivity index (χ1n) is 5.31. The van der Waals surface area contributed by atoms with E-state index in [-0.39, 0.29) is 24.8 Å². The van der Waals surface area contributed by atoms with Gasteiger partial charge in [-0.15, -0.1) is 0 Å². The highest BCUT2D eigenvalue weighted by Gasteiger charge is 2.21. The fourth-order valence-corrected chi connectivity index (χ4v) is 2.04. The molecule has 2 rings (SSSR count). The largest absolute Gasteiger partial charge is 0.370 e. The SMILES string of the molecule is O=C(CN1CCOCC1=O)c1cccc(Br)c1. The van der Waals surface area contributed by atoms with E-state index in [0.29, 0.717) is 18.7 Å². The van der Waals surface area contributed by atoms with E-state index in [2.05, 4.69) is 15.9 Å². The van der Waals surface area contributed by atoms with E-state index in [4.69, 9.17) is 4.74 Å². The molecular weight excluding hydrogens is 286 g/mol. The summed E-state index contributed by atoms with van der Waals surface area (Å²) in [6.07, 6.45) is 0. The molecule has 1 amide bonds. The molecule has 5 heteroatoms. The Labute approximate surface area is 108 Å². The summed E-state index contributed by atoms with van der Waals surface area (Å²) in [6.45, 7) is 1.18. The van der Waals surface area contributed by atoms with Crippen LogP contribution in [0, 0.1) is 0 Å². The highest BCUT2D eigenvalue weighted by Crippen LogP contribution is 2.13. The van der Waals surface area contributed by atoms with Crippen molar-refractivity contribution in [2.75, 3.05) is 26.3 Å². The Hall–Kier alpha value is -1.20. The summed E-state index contributed by atoms with van der Waals surface area (Å²) in [5.41, 5.74) is 0.610. The molecule has 1 aromatic carbocycles. The number of carbonyl (C=O) groups is 2. The molecule has 1 aliphatic heterocycles. The highest BCUT2D eigenvalue weighted by molar-refractivity contribution is 9.10. The van der Waals surface area contributed by atoms with Gasteiger partial charge >= 0.3 is 0 Å². The van der Waals surface area contributed by atoms with Gasteiger partial charge in [-0.1, -0.05) is 28.1 Å². The van der Waals surface area contributed by atoms with Crippen molar-refractivity contribution in [1.82, 2.24) is 4.90 Å². The minimum Gasteiger partial charge on any atom is -0.370 e. The first-order valence-corrected chi connectivity index (χ1v) is 6.10. The van der Waals surface area contributed by atoms with E-state index < -0.39 is 0 Å². The number of Topliss-reactive ketones (excluding diaryl/α,β-unsaturated/α-hetero) is 1. The maximum Gasteiger partial charge on any atom is 0.249 e. The van der Waals surface area contributed by atoms with E-state index in [9.17, 15) is 9.59 Å². The van der Waals surface area contributed by atoms with Crippen LogP contribution in [-0.4, -0.2) is 42.9 Å². The van der Waals surface area contributed by atoms with E-state index >= 15 is 0 Å². The third kappa shape index (κ3) is 3.14. The number of halogens is 1. The summed E-state index contributed by atoms with van der Waals surface area (Å²) in [6, 6.07) is 7.17. The average Bonchev–Trinajstić information content (AvgIpc) is 2.32. The summed E-state index contributed by atoms with van der Waals surface area (Å²) in [5, 5.41) is 0. The van der Waals surface area contributed by atoms with Crippen molar-refractivity contribution >= 4 is 27.6 Å². The zero-order valence-electron chi connectivity index (χ0n) is 9.19. The van der Waals surface area contributed by atoms with Gasteiger partial charge in [-0.2, -0.15) is 0 Å². The van der Waals surface area contributed by atoms with E-state index in [1.165, 1.54) is 4.90 Å². The number of ketones is 1. The summed E-state index contributed by atoms with van der Waals surface area (Å²) < 4.78 is 5.87. The number of rotatable bonds is 3. The molecule has 90 valence electrons. The number of benzene rings is 1. The van der Waals surface area contributed by atoms with Crippen LogP contribution in [0.1, 0.15) is 10.4 Å². The summed E-state index contributed by atoms with van der Waals surface area (Å²) in [7, 11) is 0. The Morgan fingerprint density at radius 1 is 1.47 bits per heavy atom. The zero-order valence-corrected chi connectivity index (χ0v) is 10.8. The molecule has 0 N–H and O–H groups in total. The fraction of sp³-hybridized carbons (Fsp3) is 0.333.